The van der Waals surface area contributed by atoms with E-state index in [4.69, 9.17) is 4.74 Å². The number of piperidine rings is 1. The third-order valence-corrected chi connectivity index (χ3v) is 6.44. The van der Waals surface area contributed by atoms with Crippen molar-refractivity contribution >= 4 is 5.91 Å². The minimum atomic E-state index is -2.40. The molecule has 2 aliphatic heterocycles. The van der Waals surface area contributed by atoms with E-state index in [9.17, 15) is 13.6 Å². The zero-order valence-corrected chi connectivity index (χ0v) is 14.0. The van der Waals surface area contributed by atoms with Crippen LogP contribution in [0.2, 0.25) is 0 Å². The summed E-state index contributed by atoms with van der Waals surface area (Å²) in [5, 5.41) is 3.02. The number of carbonyl (C=O) groups is 1. The van der Waals surface area contributed by atoms with Crippen LogP contribution >= 0.6 is 0 Å². The van der Waals surface area contributed by atoms with Crippen molar-refractivity contribution in [2.75, 3.05) is 19.6 Å². The molecule has 1 amide bonds. The molecule has 4 nitrogen and oxygen atoms in total. The molecule has 2 aliphatic carbocycles. The van der Waals surface area contributed by atoms with Gasteiger partial charge < -0.3 is 15.0 Å². The van der Waals surface area contributed by atoms with E-state index < -0.39 is 22.7 Å². The minimum absolute atomic E-state index is 0.0420. The molecule has 4 aliphatic rings. The summed E-state index contributed by atoms with van der Waals surface area (Å²) in [7, 11) is 0. The van der Waals surface area contributed by atoms with E-state index in [-0.39, 0.29) is 12.3 Å². The summed E-state index contributed by atoms with van der Waals surface area (Å²) in [6.45, 7) is 6.23. The first-order valence-electron chi connectivity index (χ1n) is 8.79. The molecule has 1 N–H and O–H groups in total. The monoisotopic (exact) mass is 328 g/mol. The summed E-state index contributed by atoms with van der Waals surface area (Å²) in [6.07, 6.45) is 3.95. The van der Waals surface area contributed by atoms with Gasteiger partial charge in [-0.05, 0) is 39.0 Å². The van der Waals surface area contributed by atoms with E-state index >= 15 is 0 Å². The second-order valence-corrected chi connectivity index (χ2v) is 8.63. The summed E-state index contributed by atoms with van der Waals surface area (Å²) in [4.78, 5) is 14.3. The fraction of sp³-hybridized carbons (Fsp3) is 0.941. The number of likely N-dealkylation sites (tertiary alicyclic amines) is 1. The Kier molecular flexibility index (Phi) is 3.19. The lowest BCUT2D eigenvalue weighted by Gasteiger charge is -2.39. The lowest BCUT2D eigenvalue weighted by atomic mass is 9.97. The highest BCUT2D eigenvalue weighted by atomic mass is 19.3. The highest BCUT2D eigenvalue weighted by Gasteiger charge is 2.72. The average molecular weight is 328 g/mol. The number of nitrogens with one attached hydrogen (secondary N) is 1. The van der Waals surface area contributed by atoms with Gasteiger partial charge >= 0.3 is 0 Å². The Morgan fingerprint density at radius 3 is 2.39 bits per heavy atom. The maximum Gasteiger partial charge on any atom is 0.254 e. The Labute approximate surface area is 135 Å². The van der Waals surface area contributed by atoms with E-state index in [1.165, 1.54) is 0 Å². The van der Waals surface area contributed by atoms with Crippen molar-refractivity contribution in [2.24, 2.45) is 11.3 Å². The fourth-order valence-electron chi connectivity index (χ4n) is 4.87. The van der Waals surface area contributed by atoms with Gasteiger partial charge in [0, 0.05) is 44.3 Å². The summed E-state index contributed by atoms with van der Waals surface area (Å²) >= 11 is 0. The lowest BCUT2D eigenvalue weighted by molar-refractivity contribution is -0.139. The quantitative estimate of drug-likeness (QED) is 0.847. The third kappa shape index (κ3) is 2.49. The Morgan fingerprint density at radius 1 is 1.26 bits per heavy atom. The number of nitrogens with zero attached hydrogens (tertiary/aromatic N) is 1. The van der Waals surface area contributed by atoms with Crippen LogP contribution in [-0.4, -0.2) is 47.7 Å². The van der Waals surface area contributed by atoms with Gasteiger partial charge in [-0.3, -0.25) is 4.79 Å². The number of rotatable bonds is 2. The zero-order chi connectivity index (χ0) is 16.5. The standard InChI is InChI=1S/C17H26F2N2O2/c1-14(2)13(22)20-16(23-14)5-7-21(8-6-16)10-12-3-4-15(9-12)11-17(15,18)19/h12H,3-11H2,1-2H3,(H,20,22). The van der Waals surface area contributed by atoms with Gasteiger partial charge in [0.2, 0.25) is 0 Å². The number of amides is 1. The van der Waals surface area contributed by atoms with Gasteiger partial charge in [0.1, 0.15) is 11.3 Å². The second-order valence-electron chi connectivity index (χ2n) is 8.63. The molecule has 23 heavy (non-hydrogen) atoms. The van der Waals surface area contributed by atoms with Gasteiger partial charge in [-0.1, -0.05) is 0 Å². The van der Waals surface area contributed by atoms with Gasteiger partial charge in [0.25, 0.3) is 11.8 Å². The molecule has 6 heteroatoms. The van der Waals surface area contributed by atoms with Crippen LogP contribution in [0.15, 0.2) is 0 Å². The van der Waals surface area contributed by atoms with Gasteiger partial charge in [0.15, 0.2) is 0 Å². The van der Waals surface area contributed by atoms with Crippen LogP contribution in [0, 0.1) is 11.3 Å². The van der Waals surface area contributed by atoms with E-state index in [1.54, 1.807) is 13.8 Å². The number of ether oxygens (including phenoxy) is 1. The van der Waals surface area contributed by atoms with E-state index in [0.29, 0.717) is 18.8 Å². The van der Waals surface area contributed by atoms with Crippen molar-refractivity contribution in [3.05, 3.63) is 0 Å². The van der Waals surface area contributed by atoms with Crippen LogP contribution in [0.4, 0.5) is 8.78 Å². The van der Waals surface area contributed by atoms with E-state index in [0.717, 1.165) is 38.9 Å². The van der Waals surface area contributed by atoms with Crippen molar-refractivity contribution < 1.29 is 18.3 Å². The number of hydrogen-bond acceptors (Lipinski definition) is 3. The Morgan fingerprint density at radius 2 is 1.91 bits per heavy atom. The van der Waals surface area contributed by atoms with Crippen molar-refractivity contribution in [3.8, 4) is 0 Å². The van der Waals surface area contributed by atoms with Crippen LogP contribution < -0.4 is 5.32 Å². The van der Waals surface area contributed by atoms with Crippen LogP contribution in [0.3, 0.4) is 0 Å². The topological polar surface area (TPSA) is 41.6 Å². The summed E-state index contributed by atoms with van der Waals surface area (Å²) < 4.78 is 33.0. The van der Waals surface area contributed by atoms with Crippen molar-refractivity contribution in [3.63, 3.8) is 0 Å². The van der Waals surface area contributed by atoms with Gasteiger partial charge in [0.05, 0.1) is 0 Å². The predicted octanol–water partition coefficient (Wildman–Crippen LogP) is 2.53. The second kappa shape index (κ2) is 4.66. The van der Waals surface area contributed by atoms with Gasteiger partial charge in [-0.2, -0.15) is 0 Å². The fourth-order valence-corrected chi connectivity index (χ4v) is 4.87. The normalized spacial score (nSPS) is 40.7. The van der Waals surface area contributed by atoms with Crippen LogP contribution in [0.1, 0.15) is 52.4 Å². The minimum Gasteiger partial charge on any atom is -0.340 e. The van der Waals surface area contributed by atoms with Crippen LogP contribution in [0.5, 0.6) is 0 Å². The Bertz CT molecular complexity index is 529. The molecule has 0 aromatic heterocycles. The molecule has 2 spiro atoms. The van der Waals surface area contributed by atoms with E-state index in [2.05, 4.69) is 10.2 Å². The first-order valence-corrected chi connectivity index (χ1v) is 8.79. The van der Waals surface area contributed by atoms with Crippen molar-refractivity contribution in [1.29, 1.82) is 0 Å². The summed E-state index contributed by atoms with van der Waals surface area (Å²) in [5.74, 6) is -2.05. The van der Waals surface area contributed by atoms with Crippen LogP contribution in [-0.2, 0) is 9.53 Å². The zero-order valence-electron chi connectivity index (χ0n) is 14.0. The highest BCUT2D eigenvalue weighted by molar-refractivity contribution is 5.86. The highest BCUT2D eigenvalue weighted by Crippen LogP contribution is 2.69. The van der Waals surface area contributed by atoms with Crippen LogP contribution in [0.25, 0.3) is 0 Å². The molecule has 2 saturated heterocycles. The molecule has 4 fully saturated rings. The number of halogens is 2. The van der Waals surface area contributed by atoms with Crippen molar-refractivity contribution in [2.45, 2.75) is 69.6 Å². The molecule has 0 radical (unpaired) electrons. The molecule has 0 bridgehead atoms. The number of alkyl halides is 2. The maximum atomic E-state index is 13.5. The molecular formula is C17H26F2N2O2. The molecule has 4 rings (SSSR count). The average Bonchev–Trinajstić information content (AvgIpc) is 2.72. The molecule has 2 heterocycles. The smallest absolute Gasteiger partial charge is 0.254 e. The number of carbonyl (C=O) groups excluding carboxylic acids is 1. The summed E-state index contributed by atoms with van der Waals surface area (Å²) in [5.41, 5.74) is -1.92. The molecule has 0 aromatic carbocycles. The molecule has 2 unspecified atom stereocenters. The Balaban J connectivity index is 1.29. The maximum absolute atomic E-state index is 13.5. The lowest BCUT2D eigenvalue weighted by Crippen LogP contribution is -2.52. The van der Waals surface area contributed by atoms with Gasteiger partial charge in [-0.25, -0.2) is 8.78 Å². The molecule has 130 valence electrons. The number of hydrogen-bond donors (Lipinski definition) is 1. The molecule has 2 atom stereocenters. The first-order chi connectivity index (χ1) is 10.7. The molecule has 0 aromatic rings. The third-order valence-electron chi connectivity index (χ3n) is 6.44. The summed E-state index contributed by atoms with van der Waals surface area (Å²) in [6, 6.07) is 0. The Hall–Kier alpha value is -0.750. The molecule has 2 saturated carbocycles. The van der Waals surface area contributed by atoms with Gasteiger partial charge in [-0.15, -0.1) is 0 Å². The molecular weight excluding hydrogens is 302 g/mol. The SMILES string of the molecule is CC1(C)OC2(CCN(CC3CCC4(C3)CC4(F)F)CC2)NC1=O. The van der Waals surface area contributed by atoms with Crippen molar-refractivity contribution in [1.82, 2.24) is 10.2 Å². The predicted molar refractivity (Wildman–Crippen MR) is 81.0 cm³/mol. The van der Waals surface area contributed by atoms with E-state index in [1.807, 2.05) is 0 Å². The largest absolute Gasteiger partial charge is 0.340 e. The first kappa shape index (κ1) is 15.8.